The fourth-order valence-corrected chi connectivity index (χ4v) is 2.09. The van der Waals surface area contributed by atoms with E-state index in [9.17, 15) is 4.79 Å². The van der Waals surface area contributed by atoms with Gasteiger partial charge in [-0.1, -0.05) is 6.07 Å². The second-order valence-corrected chi connectivity index (χ2v) is 5.68. The Kier molecular flexibility index (Phi) is 6.08. The van der Waals surface area contributed by atoms with Gasteiger partial charge in [0, 0.05) is 19.2 Å². The molecule has 128 valence electrons. The van der Waals surface area contributed by atoms with Gasteiger partial charge in [-0.15, -0.1) is 0 Å². The number of nitrogens with one attached hydrogen (secondary N) is 2. The number of hydrogen-bond acceptors (Lipinski definition) is 6. The molecular formula is C17H23N5O2. The molecule has 0 saturated carbocycles. The maximum Gasteiger partial charge on any atom is 0.270 e. The number of ether oxygens (including phenoxy) is 1. The van der Waals surface area contributed by atoms with Crippen LogP contribution in [0.1, 0.15) is 16.1 Å². The minimum Gasteiger partial charge on any atom is -0.495 e. The highest BCUT2D eigenvalue weighted by atomic mass is 16.5. The lowest BCUT2D eigenvalue weighted by molar-refractivity contribution is 0.0946. The molecule has 1 heterocycles. The smallest absolute Gasteiger partial charge is 0.270 e. The van der Waals surface area contributed by atoms with Gasteiger partial charge in [0.15, 0.2) is 0 Å². The third-order valence-electron chi connectivity index (χ3n) is 3.36. The van der Waals surface area contributed by atoms with E-state index in [1.807, 2.05) is 44.1 Å². The minimum atomic E-state index is -0.224. The Morgan fingerprint density at radius 3 is 2.75 bits per heavy atom. The van der Waals surface area contributed by atoms with Crippen molar-refractivity contribution in [1.82, 2.24) is 20.2 Å². The van der Waals surface area contributed by atoms with E-state index >= 15 is 0 Å². The Balaban J connectivity index is 2.10. The van der Waals surface area contributed by atoms with Crippen molar-refractivity contribution in [3.63, 3.8) is 0 Å². The summed E-state index contributed by atoms with van der Waals surface area (Å²) in [5.41, 5.74) is 2.20. The lowest BCUT2D eigenvalue weighted by Crippen LogP contribution is -2.31. The number of methoxy groups -OCH3 is 1. The van der Waals surface area contributed by atoms with E-state index in [2.05, 4.69) is 20.6 Å². The van der Waals surface area contributed by atoms with E-state index in [4.69, 9.17) is 4.74 Å². The summed E-state index contributed by atoms with van der Waals surface area (Å²) in [6, 6.07) is 7.42. The number of benzene rings is 1. The summed E-state index contributed by atoms with van der Waals surface area (Å²) in [7, 11) is 5.52. The molecule has 0 aliphatic heterocycles. The average Bonchev–Trinajstić information content (AvgIpc) is 2.55. The molecule has 2 aromatic rings. The lowest BCUT2D eigenvalue weighted by atomic mass is 10.2. The Bertz CT molecular complexity index is 703. The molecule has 0 unspecified atom stereocenters. The number of aryl methyl sites for hydroxylation is 1. The molecule has 7 heteroatoms. The van der Waals surface area contributed by atoms with Crippen molar-refractivity contribution in [2.75, 3.05) is 39.6 Å². The van der Waals surface area contributed by atoms with E-state index in [-0.39, 0.29) is 5.91 Å². The first-order valence-corrected chi connectivity index (χ1v) is 7.66. The predicted molar refractivity (Wildman–Crippen MR) is 93.9 cm³/mol. The van der Waals surface area contributed by atoms with Crippen molar-refractivity contribution in [2.45, 2.75) is 6.92 Å². The van der Waals surface area contributed by atoms with Crippen LogP contribution in [0.4, 0.5) is 11.5 Å². The van der Waals surface area contributed by atoms with Gasteiger partial charge >= 0.3 is 0 Å². The number of carbonyl (C=O) groups excluding carboxylic acids is 1. The van der Waals surface area contributed by atoms with Crippen LogP contribution >= 0.6 is 0 Å². The minimum absolute atomic E-state index is 0.224. The molecular weight excluding hydrogens is 306 g/mol. The van der Waals surface area contributed by atoms with Crippen molar-refractivity contribution in [3.05, 3.63) is 41.9 Å². The van der Waals surface area contributed by atoms with Crippen LogP contribution in [0, 0.1) is 6.92 Å². The third kappa shape index (κ3) is 4.92. The van der Waals surface area contributed by atoms with E-state index in [1.165, 1.54) is 6.33 Å². The zero-order valence-electron chi connectivity index (χ0n) is 14.5. The van der Waals surface area contributed by atoms with Crippen LogP contribution < -0.4 is 15.4 Å². The second-order valence-electron chi connectivity index (χ2n) is 5.68. The van der Waals surface area contributed by atoms with Gasteiger partial charge in [0.1, 0.15) is 23.6 Å². The molecule has 0 fully saturated rings. The van der Waals surface area contributed by atoms with Gasteiger partial charge in [-0.05, 0) is 38.7 Å². The number of aromatic nitrogens is 2. The summed E-state index contributed by atoms with van der Waals surface area (Å²) in [4.78, 5) is 22.3. The molecule has 1 amide bonds. The summed E-state index contributed by atoms with van der Waals surface area (Å²) in [5, 5.41) is 6.00. The number of anilines is 2. The molecule has 24 heavy (non-hydrogen) atoms. The van der Waals surface area contributed by atoms with Gasteiger partial charge in [-0.2, -0.15) is 0 Å². The van der Waals surface area contributed by atoms with Gasteiger partial charge in [0.05, 0.1) is 12.8 Å². The molecule has 1 aromatic carbocycles. The molecule has 7 nitrogen and oxygen atoms in total. The number of carbonyl (C=O) groups is 1. The SMILES string of the molecule is COc1ccc(C)cc1Nc1cc(C(=O)NCCN(C)C)ncn1. The molecule has 0 radical (unpaired) electrons. The van der Waals surface area contributed by atoms with Gasteiger partial charge in [0.25, 0.3) is 5.91 Å². The first kappa shape index (κ1) is 17.7. The zero-order chi connectivity index (χ0) is 17.5. The largest absolute Gasteiger partial charge is 0.495 e. The van der Waals surface area contributed by atoms with E-state index in [0.29, 0.717) is 23.8 Å². The van der Waals surface area contributed by atoms with Crippen LogP contribution in [0.15, 0.2) is 30.6 Å². The number of likely N-dealkylation sites (N-methyl/N-ethyl adjacent to an activating group) is 1. The lowest BCUT2D eigenvalue weighted by Gasteiger charge is -2.12. The molecule has 0 aliphatic carbocycles. The Hall–Kier alpha value is -2.67. The third-order valence-corrected chi connectivity index (χ3v) is 3.36. The summed E-state index contributed by atoms with van der Waals surface area (Å²) in [6.07, 6.45) is 1.37. The van der Waals surface area contributed by atoms with Gasteiger partial charge < -0.3 is 20.3 Å². The second kappa shape index (κ2) is 8.26. The Labute approximate surface area is 142 Å². The van der Waals surface area contributed by atoms with Crippen molar-refractivity contribution < 1.29 is 9.53 Å². The Morgan fingerprint density at radius 1 is 1.25 bits per heavy atom. The quantitative estimate of drug-likeness (QED) is 0.807. The first-order chi connectivity index (χ1) is 11.5. The van der Waals surface area contributed by atoms with E-state index in [0.717, 1.165) is 17.8 Å². The first-order valence-electron chi connectivity index (χ1n) is 7.66. The highest BCUT2D eigenvalue weighted by Gasteiger charge is 2.10. The van der Waals surface area contributed by atoms with Crippen LogP contribution in [0.2, 0.25) is 0 Å². The van der Waals surface area contributed by atoms with Gasteiger partial charge in [0.2, 0.25) is 0 Å². The van der Waals surface area contributed by atoms with E-state index < -0.39 is 0 Å². The van der Waals surface area contributed by atoms with Crippen LogP contribution in [-0.4, -0.2) is 55.1 Å². The molecule has 0 bridgehead atoms. The molecule has 0 saturated heterocycles. The van der Waals surface area contributed by atoms with Crippen LogP contribution in [0.5, 0.6) is 5.75 Å². The number of amides is 1. The maximum atomic E-state index is 12.1. The van der Waals surface area contributed by atoms with Crippen LogP contribution in [-0.2, 0) is 0 Å². The van der Waals surface area contributed by atoms with Crippen molar-refractivity contribution in [3.8, 4) is 5.75 Å². The fourth-order valence-electron chi connectivity index (χ4n) is 2.09. The van der Waals surface area contributed by atoms with Crippen molar-refractivity contribution in [1.29, 1.82) is 0 Å². The van der Waals surface area contributed by atoms with Crippen molar-refractivity contribution in [2.24, 2.45) is 0 Å². The summed E-state index contributed by atoms with van der Waals surface area (Å²) >= 11 is 0. The molecule has 0 aliphatic rings. The Morgan fingerprint density at radius 2 is 2.04 bits per heavy atom. The van der Waals surface area contributed by atoms with E-state index in [1.54, 1.807) is 13.2 Å². The molecule has 0 atom stereocenters. The van der Waals surface area contributed by atoms with Gasteiger partial charge in [-0.3, -0.25) is 4.79 Å². The topological polar surface area (TPSA) is 79.4 Å². The molecule has 2 N–H and O–H groups in total. The number of nitrogens with zero attached hydrogens (tertiary/aromatic N) is 3. The fraction of sp³-hybridized carbons (Fsp3) is 0.353. The monoisotopic (exact) mass is 329 g/mol. The zero-order valence-corrected chi connectivity index (χ0v) is 14.5. The maximum absolute atomic E-state index is 12.1. The highest BCUT2D eigenvalue weighted by molar-refractivity contribution is 5.93. The van der Waals surface area contributed by atoms with Crippen LogP contribution in [0.3, 0.4) is 0 Å². The standard InChI is InChI=1S/C17H23N5O2/c1-12-5-6-15(24-4)13(9-12)21-16-10-14(19-11-20-16)17(23)18-7-8-22(2)3/h5-6,9-11H,7-8H2,1-4H3,(H,18,23)(H,19,20,21). The van der Waals surface area contributed by atoms with Gasteiger partial charge in [-0.25, -0.2) is 9.97 Å². The molecule has 2 rings (SSSR count). The summed E-state index contributed by atoms with van der Waals surface area (Å²) in [6.45, 7) is 3.32. The highest BCUT2D eigenvalue weighted by Crippen LogP contribution is 2.27. The normalized spacial score (nSPS) is 10.5. The number of rotatable bonds is 7. The molecule has 1 aromatic heterocycles. The van der Waals surface area contributed by atoms with Crippen LogP contribution in [0.25, 0.3) is 0 Å². The summed E-state index contributed by atoms with van der Waals surface area (Å²) in [5.74, 6) is 1.02. The van der Waals surface area contributed by atoms with Crippen molar-refractivity contribution >= 4 is 17.4 Å². The number of hydrogen-bond donors (Lipinski definition) is 2. The molecule has 0 spiro atoms. The predicted octanol–water partition coefficient (Wildman–Crippen LogP) is 1.83. The summed E-state index contributed by atoms with van der Waals surface area (Å²) < 4.78 is 5.34. The average molecular weight is 329 g/mol.